The number of hydrogen-bond donors (Lipinski definition) is 1. The van der Waals surface area contributed by atoms with Crippen LogP contribution in [0.3, 0.4) is 0 Å². The van der Waals surface area contributed by atoms with Crippen LogP contribution in [0.5, 0.6) is 0 Å². The van der Waals surface area contributed by atoms with Gasteiger partial charge in [-0.2, -0.15) is 11.8 Å². The minimum absolute atomic E-state index is 0.611. The third-order valence-corrected chi connectivity index (χ3v) is 6.70. The Balaban J connectivity index is 2.14. The molecule has 1 aromatic rings. The van der Waals surface area contributed by atoms with E-state index >= 15 is 0 Å². The number of thiazole rings is 1. The van der Waals surface area contributed by atoms with Crippen molar-refractivity contribution in [3.05, 3.63) is 15.6 Å². The monoisotopic (exact) mass is 274 g/mol. The van der Waals surface area contributed by atoms with Gasteiger partial charge in [0.15, 0.2) is 0 Å². The summed E-state index contributed by atoms with van der Waals surface area (Å²) in [6.07, 6.45) is 2.23. The fourth-order valence-corrected chi connectivity index (χ4v) is 5.74. The van der Waals surface area contributed by atoms with Crippen molar-refractivity contribution >= 4 is 34.9 Å². The van der Waals surface area contributed by atoms with Crippen LogP contribution < -0.4 is 5.73 Å². The van der Waals surface area contributed by atoms with Crippen molar-refractivity contribution in [3.63, 3.8) is 0 Å². The summed E-state index contributed by atoms with van der Waals surface area (Å²) in [5.41, 5.74) is 7.03. The van der Waals surface area contributed by atoms with Crippen LogP contribution in [0.2, 0.25) is 0 Å². The zero-order chi connectivity index (χ0) is 11.4. The molecule has 0 radical (unpaired) electrons. The van der Waals surface area contributed by atoms with Crippen LogP contribution in [0.4, 0.5) is 0 Å². The molecule has 0 spiro atoms. The molecule has 1 saturated heterocycles. The van der Waals surface area contributed by atoms with E-state index in [-0.39, 0.29) is 0 Å². The molecule has 5 heteroatoms. The second-order valence-electron chi connectivity index (χ2n) is 3.81. The smallest absolute Gasteiger partial charge is 0.107 e. The Kier molecular flexibility index (Phi) is 5.00. The van der Waals surface area contributed by atoms with Crippen LogP contribution in [0.1, 0.15) is 34.2 Å². The van der Waals surface area contributed by atoms with Crippen molar-refractivity contribution in [1.82, 2.24) is 4.98 Å². The molecule has 1 atom stereocenters. The first kappa shape index (κ1) is 12.7. The lowest BCUT2D eigenvalue weighted by atomic mass is 10.2. The highest BCUT2D eigenvalue weighted by atomic mass is 32.2. The lowest BCUT2D eigenvalue weighted by Crippen LogP contribution is -2.06. The summed E-state index contributed by atoms with van der Waals surface area (Å²) in [6, 6.07) is 0. The fourth-order valence-electron chi connectivity index (χ4n) is 1.76. The van der Waals surface area contributed by atoms with Gasteiger partial charge >= 0.3 is 0 Å². The van der Waals surface area contributed by atoms with Crippen LogP contribution in [-0.4, -0.2) is 22.2 Å². The minimum Gasteiger partial charge on any atom is -0.326 e. The molecule has 2 rings (SSSR count). The van der Waals surface area contributed by atoms with E-state index in [1.807, 2.05) is 23.1 Å². The Labute approximate surface area is 110 Å². The largest absolute Gasteiger partial charge is 0.326 e. The van der Waals surface area contributed by atoms with Gasteiger partial charge in [0.1, 0.15) is 5.01 Å². The van der Waals surface area contributed by atoms with E-state index in [9.17, 15) is 0 Å². The number of aromatic nitrogens is 1. The Bertz CT molecular complexity index is 332. The van der Waals surface area contributed by atoms with Gasteiger partial charge in [-0.3, -0.25) is 0 Å². The maximum absolute atomic E-state index is 5.78. The number of hydrogen-bond acceptors (Lipinski definition) is 5. The van der Waals surface area contributed by atoms with E-state index in [0.29, 0.717) is 11.8 Å². The van der Waals surface area contributed by atoms with E-state index in [2.05, 4.69) is 18.7 Å². The van der Waals surface area contributed by atoms with Gasteiger partial charge in [-0.1, -0.05) is 13.3 Å². The number of aryl methyl sites for hydroxylation is 1. The highest BCUT2D eigenvalue weighted by Crippen LogP contribution is 2.39. The number of thioether (sulfide) groups is 2. The summed E-state index contributed by atoms with van der Waals surface area (Å²) >= 11 is 5.94. The van der Waals surface area contributed by atoms with Crippen molar-refractivity contribution in [2.45, 2.75) is 31.6 Å². The third kappa shape index (κ3) is 2.94. The Hall–Kier alpha value is 0.290. The van der Waals surface area contributed by atoms with Gasteiger partial charge < -0.3 is 5.73 Å². The second kappa shape index (κ2) is 6.28. The zero-order valence-corrected chi connectivity index (χ0v) is 12.0. The average molecular weight is 274 g/mol. The molecule has 90 valence electrons. The summed E-state index contributed by atoms with van der Waals surface area (Å²) in [4.78, 5) is 6.10. The van der Waals surface area contributed by atoms with Crippen molar-refractivity contribution in [1.29, 1.82) is 0 Å². The first-order valence-corrected chi connectivity index (χ1v) is 8.75. The van der Waals surface area contributed by atoms with Crippen LogP contribution in [-0.2, 0) is 13.0 Å². The highest BCUT2D eigenvalue weighted by molar-refractivity contribution is 8.06. The second-order valence-corrected chi connectivity index (χ2v) is 7.39. The van der Waals surface area contributed by atoms with Gasteiger partial charge in [-0.15, -0.1) is 23.1 Å². The molecule has 1 aliphatic heterocycles. The maximum Gasteiger partial charge on any atom is 0.107 e. The summed E-state index contributed by atoms with van der Waals surface area (Å²) in [6.45, 7) is 2.85. The predicted octanol–water partition coefficient (Wildman–Crippen LogP) is 3.08. The molecule has 2 N–H and O–H groups in total. The number of nitrogens with zero attached hydrogens (tertiary/aromatic N) is 1. The van der Waals surface area contributed by atoms with Gasteiger partial charge in [0, 0.05) is 28.7 Å². The molecule has 1 fully saturated rings. The van der Waals surface area contributed by atoms with Crippen LogP contribution >= 0.6 is 34.9 Å². The van der Waals surface area contributed by atoms with Crippen molar-refractivity contribution in [2.75, 3.05) is 17.3 Å². The van der Waals surface area contributed by atoms with Crippen LogP contribution in [0, 0.1) is 0 Å². The molecule has 0 aliphatic carbocycles. The van der Waals surface area contributed by atoms with E-state index in [0.717, 1.165) is 12.8 Å². The van der Waals surface area contributed by atoms with Gasteiger partial charge in [0.2, 0.25) is 0 Å². The first-order valence-electron chi connectivity index (χ1n) is 5.73. The SMILES string of the molecule is CCCc1nc(C2CSCCS2)sc1CN. The van der Waals surface area contributed by atoms with Gasteiger partial charge in [-0.05, 0) is 6.42 Å². The molecular formula is C11H18N2S3. The normalized spacial score (nSPS) is 21.2. The van der Waals surface area contributed by atoms with Crippen LogP contribution in [0.15, 0.2) is 0 Å². The van der Waals surface area contributed by atoms with Crippen LogP contribution in [0.25, 0.3) is 0 Å². The first-order chi connectivity index (χ1) is 7.85. The Morgan fingerprint density at radius 3 is 2.94 bits per heavy atom. The molecular weight excluding hydrogens is 256 g/mol. The summed E-state index contributed by atoms with van der Waals surface area (Å²) < 4.78 is 0. The van der Waals surface area contributed by atoms with Gasteiger partial charge in [0.25, 0.3) is 0 Å². The lowest BCUT2D eigenvalue weighted by Gasteiger charge is -2.18. The molecule has 1 aliphatic rings. The van der Waals surface area contributed by atoms with E-state index in [4.69, 9.17) is 10.7 Å². The van der Waals surface area contributed by atoms with E-state index < -0.39 is 0 Å². The third-order valence-electron chi connectivity index (χ3n) is 2.56. The van der Waals surface area contributed by atoms with Crippen molar-refractivity contribution in [2.24, 2.45) is 5.73 Å². The topological polar surface area (TPSA) is 38.9 Å². The number of rotatable bonds is 4. The van der Waals surface area contributed by atoms with E-state index in [1.165, 1.54) is 32.8 Å². The lowest BCUT2D eigenvalue weighted by molar-refractivity contribution is 0.860. The molecule has 0 bridgehead atoms. The standard InChI is InChI=1S/C11H18N2S3/c1-2-3-8-9(6-12)16-11(13-8)10-7-14-4-5-15-10/h10H,2-7,12H2,1H3. The summed E-state index contributed by atoms with van der Waals surface area (Å²) in [5, 5.41) is 1.92. The molecule has 1 aromatic heterocycles. The molecule has 1 unspecified atom stereocenters. The van der Waals surface area contributed by atoms with Crippen molar-refractivity contribution in [3.8, 4) is 0 Å². The molecule has 0 aromatic carbocycles. The molecule has 0 amide bonds. The van der Waals surface area contributed by atoms with E-state index in [1.54, 1.807) is 0 Å². The van der Waals surface area contributed by atoms with Crippen molar-refractivity contribution < 1.29 is 0 Å². The molecule has 2 heterocycles. The Morgan fingerprint density at radius 1 is 1.44 bits per heavy atom. The number of nitrogens with two attached hydrogens (primary N) is 1. The fraction of sp³-hybridized carbons (Fsp3) is 0.727. The summed E-state index contributed by atoms with van der Waals surface area (Å²) in [5.74, 6) is 3.77. The molecule has 2 nitrogen and oxygen atoms in total. The summed E-state index contributed by atoms with van der Waals surface area (Å²) in [7, 11) is 0. The average Bonchev–Trinajstić information content (AvgIpc) is 2.74. The maximum atomic E-state index is 5.78. The quantitative estimate of drug-likeness (QED) is 0.916. The van der Waals surface area contributed by atoms with Gasteiger partial charge in [-0.25, -0.2) is 4.98 Å². The molecule has 0 saturated carbocycles. The predicted molar refractivity (Wildman–Crippen MR) is 76.5 cm³/mol. The minimum atomic E-state index is 0.611. The Morgan fingerprint density at radius 2 is 2.31 bits per heavy atom. The van der Waals surface area contributed by atoms with Gasteiger partial charge in [0.05, 0.1) is 10.9 Å². The zero-order valence-electron chi connectivity index (χ0n) is 9.57. The highest BCUT2D eigenvalue weighted by Gasteiger charge is 2.21. The molecule has 16 heavy (non-hydrogen) atoms.